The smallest absolute Gasteiger partial charge is 0.132 e. The molecule has 0 radical (unpaired) electrons. The van der Waals surface area contributed by atoms with Gasteiger partial charge in [0.05, 0.1) is 12.3 Å². The first kappa shape index (κ1) is 9.86. The van der Waals surface area contributed by atoms with E-state index in [-0.39, 0.29) is 12.4 Å². The maximum atomic E-state index is 13.5. The van der Waals surface area contributed by atoms with Crippen LogP contribution in [0.1, 0.15) is 5.56 Å². The van der Waals surface area contributed by atoms with Crippen molar-refractivity contribution in [2.24, 2.45) is 7.05 Å². The zero-order chi connectivity index (χ0) is 10.8. The van der Waals surface area contributed by atoms with Crippen LogP contribution in [-0.2, 0) is 13.7 Å². The van der Waals surface area contributed by atoms with Crippen molar-refractivity contribution in [2.75, 3.05) is 0 Å². The highest BCUT2D eigenvalue weighted by molar-refractivity contribution is 5.61. The Labute approximate surface area is 86.8 Å². The molecule has 0 aliphatic carbocycles. The molecule has 0 aliphatic heterocycles. The first-order valence-electron chi connectivity index (χ1n) is 4.60. The summed E-state index contributed by atoms with van der Waals surface area (Å²) in [6.07, 6.45) is 1.61. The number of aliphatic hydroxyl groups is 1. The minimum absolute atomic E-state index is 0.0921. The average Bonchev–Trinajstić information content (AvgIpc) is 2.65. The summed E-state index contributed by atoms with van der Waals surface area (Å²) in [5.41, 5.74) is 1.84. The van der Waals surface area contributed by atoms with Crippen molar-refractivity contribution in [3.05, 3.63) is 41.8 Å². The Hall–Kier alpha value is -1.68. The first-order valence-corrected chi connectivity index (χ1v) is 4.60. The van der Waals surface area contributed by atoms with Crippen molar-refractivity contribution in [3.63, 3.8) is 0 Å². The van der Waals surface area contributed by atoms with E-state index in [1.54, 1.807) is 36.1 Å². The number of nitrogens with zero attached hydrogens (tertiary/aromatic N) is 2. The highest BCUT2D eigenvalue weighted by Crippen LogP contribution is 2.23. The lowest BCUT2D eigenvalue weighted by molar-refractivity contribution is 0.282. The topological polar surface area (TPSA) is 38.0 Å². The van der Waals surface area contributed by atoms with Gasteiger partial charge in [0.25, 0.3) is 0 Å². The fraction of sp³-hybridized carbons (Fsp3) is 0.182. The molecule has 78 valence electrons. The summed E-state index contributed by atoms with van der Waals surface area (Å²) >= 11 is 0. The van der Waals surface area contributed by atoms with E-state index in [0.29, 0.717) is 16.8 Å². The standard InChI is InChI=1S/C11H11FN2O/c1-14-11(4-5-13-14)9-6-8(7-15)2-3-10(9)12/h2-6,15H,7H2,1H3. The molecule has 2 aromatic rings. The number of rotatable bonds is 2. The molecule has 0 unspecified atom stereocenters. The zero-order valence-electron chi connectivity index (χ0n) is 8.31. The molecule has 1 aromatic carbocycles. The van der Waals surface area contributed by atoms with Crippen molar-refractivity contribution >= 4 is 0 Å². The minimum Gasteiger partial charge on any atom is -0.392 e. The third kappa shape index (κ3) is 1.76. The third-order valence-electron chi connectivity index (χ3n) is 2.31. The van der Waals surface area contributed by atoms with Crippen LogP contribution in [-0.4, -0.2) is 14.9 Å². The quantitative estimate of drug-likeness (QED) is 0.812. The molecule has 0 saturated heterocycles. The number of aromatic nitrogens is 2. The second-order valence-electron chi connectivity index (χ2n) is 3.31. The van der Waals surface area contributed by atoms with Gasteiger partial charge in [0.2, 0.25) is 0 Å². The lowest BCUT2D eigenvalue weighted by atomic mass is 10.1. The van der Waals surface area contributed by atoms with Gasteiger partial charge in [0.15, 0.2) is 0 Å². The molecule has 2 rings (SSSR count). The molecule has 0 amide bonds. The van der Waals surface area contributed by atoms with Gasteiger partial charge in [0.1, 0.15) is 5.82 Å². The number of hydrogen-bond donors (Lipinski definition) is 1. The summed E-state index contributed by atoms with van der Waals surface area (Å²) in [6, 6.07) is 6.29. The molecule has 0 fully saturated rings. The van der Waals surface area contributed by atoms with Crippen molar-refractivity contribution in [1.82, 2.24) is 9.78 Å². The van der Waals surface area contributed by atoms with E-state index in [2.05, 4.69) is 5.10 Å². The van der Waals surface area contributed by atoms with Crippen LogP contribution >= 0.6 is 0 Å². The molecule has 15 heavy (non-hydrogen) atoms. The van der Waals surface area contributed by atoms with Crippen LogP contribution in [0.2, 0.25) is 0 Å². The maximum absolute atomic E-state index is 13.5. The van der Waals surface area contributed by atoms with E-state index in [0.717, 1.165) is 0 Å². The highest BCUT2D eigenvalue weighted by atomic mass is 19.1. The molecular formula is C11H11FN2O. The SMILES string of the molecule is Cn1nccc1-c1cc(CO)ccc1F. The predicted octanol–water partition coefficient (Wildman–Crippen LogP) is 1.72. The van der Waals surface area contributed by atoms with E-state index < -0.39 is 0 Å². The number of hydrogen-bond acceptors (Lipinski definition) is 2. The Morgan fingerprint density at radius 1 is 1.40 bits per heavy atom. The van der Waals surface area contributed by atoms with Gasteiger partial charge in [-0.05, 0) is 23.8 Å². The maximum Gasteiger partial charge on any atom is 0.132 e. The minimum atomic E-state index is -0.309. The fourth-order valence-electron chi connectivity index (χ4n) is 1.51. The van der Waals surface area contributed by atoms with Crippen LogP contribution in [0.4, 0.5) is 4.39 Å². The largest absolute Gasteiger partial charge is 0.392 e. The Morgan fingerprint density at radius 2 is 2.20 bits per heavy atom. The molecule has 0 bridgehead atoms. The monoisotopic (exact) mass is 206 g/mol. The molecule has 0 spiro atoms. The molecule has 1 heterocycles. The van der Waals surface area contributed by atoms with Crippen LogP contribution in [0.25, 0.3) is 11.3 Å². The van der Waals surface area contributed by atoms with Crippen LogP contribution in [0, 0.1) is 5.82 Å². The number of halogens is 1. The van der Waals surface area contributed by atoms with Gasteiger partial charge in [-0.15, -0.1) is 0 Å². The van der Waals surface area contributed by atoms with Gasteiger partial charge in [-0.2, -0.15) is 5.10 Å². The van der Waals surface area contributed by atoms with Crippen molar-refractivity contribution in [1.29, 1.82) is 0 Å². The van der Waals surface area contributed by atoms with Crippen LogP contribution in [0.5, 0.6) is 0 Å². The second kappa shape index (κ2) is 3.82. The van der Waals surface area contributed by atoms with E-state index in [4.69, 9.17) is 5.11 Å². The van der Waals surface area contributed by atoms with E-state index in [9.17, 15) is 4.39 Å². The Bertz CT molecular complexity index is 479. The van der Waals surface area contributed by atoms with Crippen molar-refractivity contribution < 1.29 is 9.50 Å². The van der Waals surface area contributed by atoms with Gasteiger partial charge >= 0.3 is 0 Å². The third-order valence-corrected chi connectivity index (χ3v) is 2.31. The van der Waals surface area contributed by atoms with E-state index in [1.165, 1.54) is 6.07 Å². The van der Waals surface area contributed by atoms with E-state index >= 15 is 0 Å². The molecule has 4 heteroatoms. The molecule has 1 aromatic heterocycles. The fourth-order valence-corrected chi connectivity index (χ4v) is 1.51. The summed E-state index contributed by atoms with van der Waals surface area (Å²) in [5, 5.41) is 13.0. The average molecular weight is 206 g/mol. The van der Waals surface area contributed by atoms with Gasteiger partial charge in [0, 0.05) is 18.8 Å². The Kier molecular flexibility index (Phi) is 2.51. The molecule has 0 atom stereocenters. The number of benzene rings is 1. The second-order valence-corrected chi connectivity index (χ2v) is 3.31. The molecular weight excluding hydrogens is 195 g/mol. The molecule has 3 nitrogen and oxygen atoms in total. The van der Waals surface area contributed by atoms with Gasteiger partial charge < -0.3 is 5.11 Å². The van der Waals surface area contributed by atoms with Gasteiger partial charge in [-0.25, -0.2) is 4.39 Å². The molecule has 0 saturated carbocycles. The summed E-state index contributed by atoms with van der Waals surface area (Å²) in [6.45, 7) is -0.0921. The zero-order valence-corrected chi connectivity index (χ0v) is 8.31. The predicted molar refractivity (Wildman–Crippen MR) is 54.5 cm³/mol. The lowest BCUT2D eigenvalue weighted by Crippen LogP contribution is -1.96. The summed E-state index contributed by atoms with van der Waals surface area (Å²) in [4.78, 5) is 0. The van der Waals surface area contributed by atoms with Crippen molar-refractivity contribution in [2.45, 2.75) is 6.61 Å². The molecule has 0 aliphatic rings. The number of aryl methyl sites for hydroxylation is 1. The Balaban J connectivity index is 2.56. The van der Waals surface area contributed by atoms with Crippen molar-refractivity contribution in [3.8, 4) is 11.3 Å². The first-order chi connectivity index (χ1) is 7.22. The van der Waals surface area contributed by atoms with Crippen LogP contribution < -0.4 is 0 Å². The summed E-state index contributed by atoms with van der Waals surface area (Å²) in [7, 11) is 1.75. The molecule has 1 N–H and O–H groups in total. The normalized spacial score (nSPS) is 10.6. The van der Waals surface area contributed by atoms with Crippen LogP contribution in [0.3, 0.4) is 0 Å². The number of aliphatic hydroxyl groups excluding tert-OH is 1. The summed E-state index contributed by atoms with van der Waals surface area (Å²) in [5.74, 6) is -0.309. The highest BCUT2D eigenvalue weighted by Gasteiger charge is 2.09. The Morgan fingerprint density at radius 3 is 2.80 bits per heavy atom. The van der Waals surface area contributed by atoms with E-state index in [1.807, 2.05) is 0 Å². The van der Waals surface area contributed by atoms with Gasteiger partial charge in [-0.3, -0.25) is 4.68 Å². The summed E-state index contributed by atoms with van der Waals surface area (Å²) < 4.78 is 15.1. The lowest BCUT2D eigenvalue weighted by Gasteiger charge is -2.05. The van der Waals surface area contributed by atoms with Gasteiger partial charge in [-0.1, -0.05) is 6.07 Å². The van der Waals surface area contributed by atoms with Crippen LogP contribution in [0.15, 0.2) is 30.5 Å².